The van der Waals surface area contributed by atoms with Gasteiger partial charge in [-0.3, -0.25) is 14.9 Å². The molecule has 1 fully saturated rings. The summed E-state index contributed by atoms with van der Waals surface area (Å²) < 4.78 is 0. The molecule has 0 spiro atoms. The first-order valence-electron chi connectivity index (χ1n) is 6.90. The van der Waals surface area contributed by atoms with E-state index in [9.17, 15) is 14.9 Å². The van der Waals surface area contributed by atoms with Crippen LogP contribution < -0.4 is 0 Å². The third-order valence-corrected chi connectivity index (χ3v) is 4.05. The van der Waals surface area contributed by atoms with Gasteiger partial charge in [-0.25, -0.2) is 0 Å². The highest BCUT2D eigenvalue weighted by atomic mass is 35.5. The normalized spacial score (nSPS) is 18.0. The number of nitrogens with zero attached hydrogens (tertiary/aromatic N) is 2. The number of likely N-dealkylation sites (tertiary alicyclic amines) is 1. The van der Waals surface area contributed by atoms with Crippen molar-refractivity contribution in [1.29, 1.82) is 0 Å². The summed E-state index contributed by atoms with van der Waals surface area (Å²) >= 11 is 6.02. The molecule has 0 radical (unpaired) electrons. The molecule has 0 aliphatic carbocycles. The van der Waals surface area contributed by atoms with E-state index in [-0.39, 0.29) is 34.8 Å². The number of rotatable bonds is 5. The Morgan fingerprint density at radius 2 is 2.29 bits per heavy atom. The third-order valence-electron chi connectivity index (χ3n) is 3.72. The number of non-ortho nitro benzene ring substituents is 1. The van der Waals surface area contributed by atoms with E-state index in [1.807, 2.05) is 0 Å². The molecule has 1 amide bonds. The number of hydrogen-bond acceptors (Lipinski definition) is 4. The zero-order chi connectivity index (χ0) is 15.4. The highest BCUT2D eigenvalue weighted by Crippen LogP contribution is 2.28. The maximum Gasteiger partial charge on any atom is 0.270 e. The van der Waals surface area contributed by atoms with Crippen LogP contribution in [0.3, 0.4) is 0 Å². The Balaban J connectivity index is 2.22. The van der Waals surface area contributed by atoms with Crippen LogP contribution in [0, 0.1) is 10.1 Å². The fraction of sp³-hybridized carbons (Fsp3) is 0.500. The number of carbonyl (C=O) groups is 1. The van der Waals surface area contributed by atoms with Crippen LogP contribution in [0.15, 0.2) is 18.2 Å². The number of nitro benzene ring substituents is 1. The molecule has 114 valence electrons. The smallest absolute Gasteiger partial charge is 0.270 e. The Kier molecular flexibility index (Phi) is 5.14. The van der Waals surface area contributed by atoms with Crippen LogP contribution in [0.25, 0.3) is 0 Å². The molecular formula is C14H17ClN2O4. The Morgan fingerprint density at radius 3 is 2.95 bits per heavy atom. The molecule has 1 aliphatic rings. The number of nitro groups is 1. The van der Waals surface area contributed by atoms with Gasteiger partial charge in [-0.15, -0.1) is 0 Å². The average Bonchev–Trinajstić information content (AvgIpc) is 2.93. The maximum atomic E-state index is 12.6. The van der Waals surface area contributed by atoms with Crippen LogP contribution in [0.1, 0.15) is 36.0 Å². The lowest BCUT2D eigenvalue weighted by atomic mass is 10.1. The van der Waals surface area contributed by atoms with Gasteiger partial charge in [0.15, 0.2) is 0 Å². The van der Waals surface area contributed by atoms with Crippen molar-refractivity contribution < 1.29 is 14.8 Å². The molecule has 1 atom stereocenters. The van der Waals surface area contributed by atoms with E-state index < -0.39 is 4.92 Å². The van der Waals surface area contributed by atoms with E-state index in [1.165, 1.54) is 18.2 Å². The van der Waals surface area contributed by atoms with Gasteiger partial charge in [0.05, 0.1) is 15.5 Å². The molecule has 1 N–H and O–H groups in total. The van der Waals surface area contributed by atoms with Crippen molar-refractivity contribution in [1.82, 2.24) is 4.90 Å². The fourth-order valence-electron chi connectivity index (χ4n) is 2.68. The van der Waals surface area contributed by atoms with Crippen molar-refractivity contribution in [2.75, 3.05) is 13.2 Å². The van der Waals surface area contributed by atoms with Crippen LogP contribution in [0.5, 0.6) is 0 Å². The molecular weight excluding hydrogens is 296 g/mol. The minimum absolute atomic E-state index is 0.0694. The van der Waals surface area contributed by atoms with Gasteiger partial charge >= 0.3 is 0 Å². The molecule has 1 heterocycles. The van der Waals surface area contributed by atoms with Crippen molar-refractivity contribution in [2.24, 2.45) is 0 Å². The average molecular weight is 313 g/mol. The van der Waals surface area contributed by atoms with Crippen molar-refractivity contribution in [3.05, 3.63) is 38.9 Å². The Hall–Kier alpha value is -1.66. The molecule has 0 saturated carbocycles. The van der Waals surface area contributed by atoms with Crippen LogP contribution >= 0.6 is 11.6 Å². The molecule has 1 aromatic carbocycles. The quantitative estimate of drug-likeness (QED) is 0.669. The molecule has 2 rings (SSSR count). The minimum Gasteiger partial charge on any atom is -0.396 e. The van der Waals surface area contributed by atoms with E-state index in [2.05, 4.69) is 0 Å². The number of aliphatic hydroxyl groups is 1. The van der Waals surface area contributed by atoms with Gasteiger partial charge < -0.3 is 10.0 Å². The zero-order valence-corrected chi connectivity index (χ0v) is 12.3. The molecule has 21 heavy (non-hydrogen) atoms. The summed E-state index contributed by atoms with van der Waals surface area (Å²) in [5.41, 5.74) is 0.0237. The van der Waals surface area contributed by atoms with Gasteiger partial charge in [-0.05, 0) is 31.7 Å². The van der Waals surface area contributed by atoms with Crippen LogP contribution in [0.4, 0.5) is 5.69 Å². The summed E-state index contributed by atoms with van der Waals surface area (Å²) in [4.78, 5) is 24.6. The summed E-state index contributed by atoms with van der Waals surface area (Å²) in [6.07, 6.45) is 3.15. The second kappa shape index (κ2) is 6.87. The summed E-state index contributed by atoms with van der Waals surface area (Å²) in [6, 6.07) is 3.96. The predicted octanol–water partition coefficient (Wildman–Crippen LogP) is 2.63. The molecule has 7 heteroatoms. The van der Waals surface area contributed by atoms with Crippen molar-refractivity contribution in [3.63, 3.8) is 0 Å². The standard InChI is InChI=1S/C14H17ClN2O4/c15-13-6-5-11(17(20)21)9-12(13)14(19)16-7-1-3-10(16)4-2-8-18/h5-6,9-10,18H,1-4,7-8H2. The summed E-state index contributed by atoms with van der Waals surface area (Å²) in [6.45, 7) is 0.712. The molecule has 1 aromatic rings. The van der Waals surface area contributed by atoms with Crippen LogP contribution in [-0.4, -0.2) is 40.0 Å². The largest absolute Gasteiger partial charge is 0.396 e. The lowest BCUT2D eigenvalue weighted by Gasteiger charge is -2.25. The number of benzene rings is 1. The lowest BCUT2D eigenvalue weighted by Crippen LogP contribution is -2.35. The molecule has 1 unspecified atom stereocenters. The van der Waals surface area contributed by atoms with Crippen molar-refractivity contribution >= 4 is 23.2 Å². The van der Waals surface area contributed by atoms with Gasteiger partial charge in [-0.1, -0.05) is 11.6 Å². The number of aliphatic hydroxyl groups excluding tert-OH is 1. The maximum absolute atomic E-state index is 12.6. The van der Waals surface area contributed by atoms with Crippen molar-refractivity contribution in [2.45, 2.75) is 31.7 Å². The number of amides is 1. The van der Waals surface area contributed by atoms with Gasteiger partial charge in [0, 0.05) is 31.3 Å². The van der Waals surface area contributed by atoms with E-state index >= 15 is 0 Å². The summed E-state index contributed by atoms with van der Waals surface area (Å²) in [5, 5.41) is 20.0. The van der Waals surface area contributed by atoms with Crippen LogP contribution in [0.2, 0.25) is 5.02 Å². The third kappa shape index (κ3) is 3.51. The number of halogens is 1. The minimum atomic E-state index is -0.541. The van der Waals surface area contributed by atoms with E-state index in [1.54, 1.807) is 4.90 Å². The fourth-order valence-corrected chi connectivity index (χ4v) is 2.87. The van der Waals surface area contributed by atoms with Gasteiger partial charge in [0.1, 0.15) is 0 Å². The topological polar surface area (TPSA) is 83.7 Å². The molecule has 1 saturated heterocycles. The SMILES string of the molecule is O=C(c1cc([N+](=O)[O-])ccc1Cl)N1CCCC1CCCO. The first-order valence-corrected chi connectivity index (χ1v) is 7.28. The Bertz CT molecular complexity index is 550. The van der Waals surface area contributed by atoms with Gasteiger partial charge in [0.2, 0.25) is 0 Å². The molecule has 1 aliphatic heterocycles. The molecule has 0 bridgehead atoms. The molecule has 0 aromatic heterocycles. The van der Waals surface area contributed by atoms with E-state index in [4.69, 9.17) is 16.7 Å². The second-order valence-corrected chi connectivity index (χ2v) is 5.49. The van der Waals surface area contributed by atoms with E-state index in [0.717, 1.165) is 19.3 Å². The Morgan fingerprint density at radius 1 is 1.52 bits per heavy atom. The number of carbonyl (C=O) groups excluding carboxylic acids is 1. The summed E-state index contributed by atoms with van der Waals surface area (Å²) in [5.74, 6) is -0.274. The van der Waals surface area contributed by atoms with E-state index in [0.29, 0.717) is 13.0 Å². The molecule has 6 nitrogen and oxygen atoms in total. The highest BCUT2D eigenvalue weighted by Gasteiger charge is 2.30. The zero-order valence-electron chi connectivity index (χ0n) is 11.5. The Labute approximate surface area is 127 Å². The highest BCUT2D eigenvalue weighted by molar-refractivity contribution is 6.33. The predicted molar refractivity (Wildman–Crippen MR) is 78.5 cm³/mol. The summed E-state index contributed by atoms with van der Waals surface area (Å²) in [7, 11) is 0. The first kappa shape index (κ1) is 15.7. The first-order chi connectivity index (χ1) is 10.0. The monoisotopic (exact) mass is 312 g/mol. The number of hydrogen-bond donors (Lipinski definition) is 1. The van der Waals surface area contributed by atoms with Gasteiger partial charge in [0.25, 0.3) is 11.6 Å². The second-order valence-electron chi connectivity index (χ2n) is 5.08. The van der Waals surface area contributed by atoms with Gasteiger partial charge in [-0.2, -0.15) is 0 Å². The van der Waals surface area contributed by atoms with Crippen molar-refractivity contribution in [3.8, 4) is 0 Å². The van der Waals surface area contributed by atoms with Crippen LogP contribution in [-0.2, 0) is 0 Å². The lowest BCUT2D eigenvalue weighted by molar-refractivity contribution is -0.384.